The van der Waals surface area contributed by atoms with Crippen molar-refractivity contribution in [3.8, 4) is 27.9 Å². The molecule has 0 unspecified atom stereocenters. The Bertz CT molecular complexity index is 3560. The maximum atomic E-state index is 6.72. The third-order valence-electron chi connectivity index (χ3n) is 12.0. The highest BCUT2D eigenvalue weighted by Crippen LogP contribution is 2.47. The number of rotatable bonds is 6. The van der Waals surface area contributed by atoms with E-state index in [0.29, 0.717) is 0 Å². The van der Waals surface area contributed by atoms with E-state index in [-0.39, 0.29) is 0 Å². The summed E-state index contributed by atoms with van der Waals surface area (Å²) in [5.74, 6) is 0. The Labute approximate surface area is 341 Å². The Balaban J connectivity index is 1.14. The topological polar surface area (TPSA) is 21.3 Å². The average molecular weight is 753 g/mol. The summed E-state index contributed by atoms with van der Waals surface area (Å²) in [5.41, 5.74) is 13.1. The molecule has 0 aliphatic heterocycles. The van der Waals surface area contributed by atoms with Crippen LogP contribution in [0.25, 0.3) is 93.2 Å². The van der Waals surface area contributed by atoms with Gasteiger partial charge in [0.1, 0.15) is 11.2 Å². The first kappa shape index (κ1) is 33.3. The van der Waals surface area contributed by atoms with Crippen LogP contribution < -0.4 is 4.90 Å². The summed E-state index contributed by atoms with van der Waals surface area (Å²) in [6, 6.07) is 78.7. The van der Waals surface area contributed by atoms with Gasteiger partial charge in [-0.05, 0) is 92.8 Å². The molecular weight excluding hydrogens is 717 g/mol. The Morgan fingerprint density at radius 1 is 0.356 bits per heavy atom. The van der Waals surface area contributed by atoms with E-state index in [2.05, 4.69) is 228 Å². The number of para-hydroxylation sites is 3. The van der Waals surface area contributed by atoms with Crippen molar-refractivity contribution in [3.63, 3.8) is 0 Å². The number of fused-ring (bicyclic) bond motifs is 9. The zero-order valence-electron chi connectivity index (χ0n) is 32.1. The molecule has 12 aromatic rings. The first-order valence-electron chi connectivity index (χ1n) is 20.2. The minimum Gasteiger partial charge on any atom is -0.456 e. The largest absolute Gasteiger partial charge is 0.456 e. The van der Waals surface area contributed by atoms with E-state index < -0.39 is 0 Å². The maximum Gasteiger partial charge on any atom is 0.137 e. The molecule has 10 aromatic carbocycles. The first-order chi connectivity index (χ1) is 29.3. The second kappa shape index (κ2) is 13.4. The number of anilines is 3. The molecule has 0 fully saturated rings. The van der Waals surface area contributed by atoms with Crippen molar-refractivity contribution in [2.24, 2.45) is 0 Å². The van der Waals surface area contributed by atoms with Crippen molar-refractivity contribution in [1.82, 2.24) is 4.57 Å². The smallest absolute Gasteiger partial charge is 0.137 e. The molecule has 2 aromatic heterocycles. The SMILES string of the molecule is c1ccc(-c2cccc3cccc(-c4ccccc4N(c4ccc5c(c4)oc4ccc6ccccc6c45)c4ccc5c6ccccc6n(-c6ccccc6)c5c4)c23)cc1. The first-order valence-corrected chi connectivity index (χ1v) is 20.2. The molecule has 276 valence electrons. The van der Waals surface area contributed by atoms with Gasteiger partial charge in [-0.1, -0.05) is 158 Å². The van der Waals surface area contributed by atoms with Gasteiger partial charge >= 0.3 is 0 Å². The highest BCUT2D eigenvalue weighted by molar-refractivity contribution is 6.19. The lowest BCUT2D eigenvalue weighted by molar-refractivity contribution is 0.669. The highest BCUT2D eigenvalue weighted by atomic mass is 16.3. The maximum absolute atomic E-state index is 6.72. The fraction of sp³-hybridized carbons (Fsp3) is 0. The summed E-state index contributed by atoms with van der Waals surface area (Å²) in [7, 11) is 0. The second-order valence-electron chi connectivity index (χ2n) is 15.3. The van der Waals surface area contributed by atoms with E-state index in [9.17, 15) is 0 Å². The number of nitrogens with zero attached hydrogens (tertiary/aromatic N) is 2. The van der Waals surface area contributed by atoms with Crippen LogP contribution in [0.4, 0.5) is 17.1 Å². The minimum atomic E-state index is 0.854. The molecule has 12 rings (SSSR count). The fourth-order valence-corrected chi connectivity index (χ4v) is 9.37. The van der Waals surface area contributed by atoms with Crippen LogP contribution >= 0.6 is 0 Å². The molecule has 0 aliphatic rings. The quantitative estimate of drug-likeness (QED) is 0.169. The van der Waals surface area contributed by atoms with Gasteiger partial charge in [0.2, 0.25) is 0 Å². The Morgan fingerprint density at radius 3 is 1.83 bits per heavy atom. The van der Waals surface area contributed by atoms with Gasteiger partial charge in [0, 0.05) is 50.2 Å². The molecule has 0 saturated heterocycles. The van der Waals surface area contributed by atoms with E-state index in [0.717, 1.165) is 55.8 Å². The number of benzene rings is 10. The Hall–Kier alpha value is -7.88. The van der Waals surface area contributed by atoms with Crippen LogP contribution in [-0.4, -0.2) is 4.57 Å². The van der Waals surface area contributed by atoms with Crippen molar-refractivity contribution in [2.75, 3.05) is 4.90 Å². The minimum absolute atomic E-state index is 0.854. The molecule has 0 amide bonds. The third-order valence-corrected chi connectivity index (χ3v) is 12.0. The van der Waals surface area contributed by atoms with Crippen molar-refractivity contribution in [3.05, 3.63) is 218 Å². The van der Waals surface area contributed by atoms with Gasteiger partial charge in [-0.2, -0.15) is 0 Å². The summed E-state index contributed by atoms with van der Waals surface area (Å²) >= 11 is 0. The molecular formula is C56H36N2O. The monoisotopic (exact) mass is 752 g/mol. The number of aromatic nitrogens is 1. The molecule has 0 aliphatic carbocycles. The van der Waals surface area contributed by atoms with Crippen molar-refractivity contribution < 1.29 is 4.42 Å². The molecule has 0 atom stereocenters. The lowest BCUT2D eigenvalue weighted by Crippen LogP contribution is -2.11. The van der Waals surface area contributed by atoms with Crippen LogP contribution in [0.3, 0.4) is 0 Å². The summed E-state index contributed by atoms with van der Waals surface area (Å²) in [6.07, 6.45) is 0. The van der Waals surface area contributed by atoms with Crippen LogP contribution in [-0.2, 0) is 0 Å². The van der Waals surface area contributed by atoms with Crippen LogP contribution in [0.5, 0.6) is 0 Å². The van der Waals surface area contributed by atoms with E-state index >= 15 is 0 Å². The molecule has 2 heterocycles. The molecule has 0 bridgehead atoms. The van der Waals surface area contributed by atoms with Gasteiger partial charge in [-0.25, -0.2) is 0 Å². The predicted molar refractivity (Wildman–Crippen MR) is 249 cm³/mol. The zero-order chi connectivity index (χ0) is 38.9. The summed E-state index contributed by atoms with van der Waals surface area (Å²) in [5, 5.41) is 9.53. The van der Waals surface area contributed by atoms with E-state index in [1.807, 2.05) is 0 Å². The molecule has 59 heavy (non-hydrogen) atoms. The van der Waals surface area contributed by atoms with Crippen molar-refractivity contribution in [2.45, 2.75) is 0 Å². The molecule has 3 nitrogen and oxygen atoms in total. The Morgan fingerprint density at radius 2 is 0.983 bits per heavy atom. The van der Waals surface area contributed by atoms with Gasteiger partial charge < -0.3 is 13.9 Å². The van der Waals surface area contributed by atoms with Gasteiger partial charge in [0.25, 0.3) is 0 Å². The second-order valence-corrected chi connectivity index (χ2v) is 15.3. The molecule has 0 radical (unpaired) electrons. The summed E-state index contributed by atoms with van der Waals surface area (Å²) in [6.45, 7) is 0. The zero-order valence-corrected chi connectivity index (χ0v) is 32.1. The van der Waals surface area contributed by atoms with Crippen LogP contribution in [0.2, 0.25) is 0 Å². The van der Waals surface area contributed by atoms with Crippen molar-refractivity contribution in [1.29, 1.82) is 0 Å². The molecule has 3 heteroatoms. The summed E-state index contributed by atoms with van der Waals surface area (Å²) < 4.78 is 9.11. The molecule has 0 saturated carbocycles. The highest BCUT2D eigenvalue weighted by Gasteiger charge is 2.23. The average Bonchev–Trinajstić information content (AvgIpc) is 3.85. The van der Waals surface area contributed by atoms with E-state index in [4.69, 9.17) is 4.42 Å². The fourth-order valence-electron chi connectivity index (χ4n) is 9.37. The van der Waals surface area contributed by atoms with Crippen LogP contribution in [0, 0.1) is 0 Å². The van der Waals surface area contributed by atoms with Crippen molar-refractivity contribution >= 4 is 82.4 Å². The van der Waals surface area contributed by atoms with E-state index in [1.54, 1.807) is 0 Å². The molecule has 0 spiro atoms. The van der Waals surface area contributed by atoms with Crippen LogP contribution in [0.15, 0.2) is 223 Å². The van der Waals surface area contributed by atoms with E-state index in [1.165, 1.54) is 54.5 Å². The van der Waals surface area contributed by atoms with Gasteiger partial charge in [0.05, 0.1) is 16.7 Å². The van der Waals surface area contributed by atoms with Gasteiger partial charge in [0.15, 0.2) is 0 Å². The molecule has 0 N–H and O–H groups in total. The predicted octanol–water partition coefficient (Wildman–Crippen LogP) is 15.8. The number of hydrogen-bond donors (Lipinski definition) is 0. The number of furan rings is 1. The lowest BCUT2D eigenvalue weighted by Gasteiger charge is -2.28. The number of hydrogen-bond acceptors (Lipinski definition) is 2. The summed E-state index contributed by atoms with van der Waals surface area (Å²) in [4.78, 5) is 2.41. The standard InChI is InChI=1S/C56H36N2O/c1-3-15-37(16-4-1)43-25-13-18-39-19-14-26-48(55(39)43)46-24-10-11-27-50(46)57(42-31-33-49-54(36-42)59-53-34-29-38-17-7-8-22-44(38)56(49)53)41-30-32-47-45-23-9-12-28-51(45)58(52(47)35-41)40-20-5-2-6-21-40/h1-36H. The van der Waals surface area contributed by atoms with Gasteiger partial charge in [-0.15, -0.1) is 0 Å². The normalized spacial score (nSPS) is 11.7. The Kier molecular flexibility index (Phi) is 7.54. The third kappa shape index (κ3) is 5.29. The van der Waals surface area contributed by atoms with Gasteiger partial charge in [-0.3, -0.25) is 0 Å². The lowest BCUT2D eigenvalue weighted by atomic mass is 9.90. The van der Waals surface area contributed by atoms with Crippen LogP contribution in [0.1, 0.15) is 0 Å².